The fraction of sp³-hybridized carbons (Fsp3) is 0.526. The van der Waals surface area contributed by atoms with Crippen LogP contribution in [0.2, 0.25) is 0 Å². The molecule has 0 amide bonds. The van der Waals surface area contributed by atoms with Crippen molar-refractivity contribution in [1.82, 2.24) is 20.6 Å². The minimum Gasteiger partial charge on any atom is -0.357 e. The van der Waals surface area contributed by atoms with Crippen LogP contribution in [0.5, 0.6) is 0 Å². The topological polar surface area (TPSA) is 65.4 Å². The zero-order valence-corrected chi connectivity index (χ0v) is 19.7. The number of pyridine rings is 1. The Morgan fingerprint density at radius 2 is 2.25 bits per heavy atom. The molecular weight excluding hydrogens is 490 g/mol. The van der Waals surface area contributed by atoms with E-state index in [0.29, 0.717) is 18.9 Å². The number of aromatic nitrogens is 2. The van der Waals surface area contributed by atoms with Crippen molar-refractivity contribution in [2.45, 2.75) is 39.7 Å². The van der Waals surface area contributed by atoms with Crippen molar-refractivity contribution < 1.29 is 4.39 Å². The molecule has 2 aromatic rings. The molecule has 9 heteroatoms. The molecule has 1 aliphatic rings. The van der Waals surface area contributed by atoms with Gasteiger partial charge < -0.3 is 15.5 Å². The molecule has 1 atom stereocenters. The predicted molar refractivity (Wildman–Crippen MR) is 125 cm³/mol. The maximum Gasteiger partial charge on any atom is 0.191 e. The summed E-state index contributed by atoms with van der Waals surface area (Å²) < 4.78 is 13.9. The van der Waals surface area contributed by atoms with Gasteiger partial charge >= 0.3 is 0 Å². The molecule has 1 aliphatic heterocycles. The van der Waals surface area contributed by atoms with Crippen LogP contribution < -0.4 is 15.5 Å². The second-order valence-electron chi connectivity index (χ2n) is 6.64. The molecule has 3 rings (SSSR count). The summed E-state index contributed by atoms with van der Waals surface area (Å²) in [6, 6.07) is 3.29. The summed E-state index contributed by atoms with van der Waals surface area (Å²) in [5.74, 6) is 0.971. The van der Waals surface area contributed by atoms with Crippen molar-refractivity contribution in [3.8, 4) is 0 Å². The Kier molecular flexibility index (Phi) is 8.87. The highest BCUT2D eigenvalue weighted by molar-refractivity contribution is 14.0. The second kappa shape index (κ2) is 10.9. The summed E-state index contributed by atoms with van der Waals surface area (Å²) in [7, 11) is 0. The van der Waals surface area contributed by atoms with Crippen LogP contribution in [0.15, 0.2) is 23.3 Å². The highest BCUT2D eigenvalue weighted by Crippen LogP contribution is 2.21. The van der Waals surface area contributed by atoms with E-state index in [1.54, 1.807) is 23.6 Å². The summed E-state index contributed by atoms with van der Waals surface area (Å²) in [5, 5.41) is 7.88. The molecule has 0 aliphatic carbocycles. The van der Waals surface area contributed by atoms with Crippen LogP contribution in [0.3, 0.4) is 0 Å². The normalized spacial score (nSPS) is 16.8. The van der Waals surface area contributed by atoms with Crippen LogP contribution in [-0.2, 0) is 6.42 Å². The number of aryl methyl sites for hydroxylation is 2. The monoisotopic (exact) mass is 518 g/mol. The molecule has 28 heavy (non-hydrogen) atoms. The van der Waals surface area contributed by atoms with Crippen molar-refractivity contribution in [3.05, 3.63) is 39.7 Å². The lowest BCUT2D eigenvalue weighted by atomic mass is 10.3. The lowest BCUT2D eigenvalue weighted by Crippen LogP contribution is -2.44. The van der Waals surface area contributed by atoms with Crippen molar-refractivity contribution in [1.29, 1.82) is 0 Å². The van der Waals surface area contributed by atoms with Crippen LogP contribution in [0.4, 0.5) is 10.2 Å². The molecule has 0 radical (unpaired) electrons. The Bertz CT molecular complexity index is 796. The average Bonchev–Trinajstić information content (AvgIpc) is 3.22. The van der Waals surface area contributed by atoms with Crippen LogP contribution in [0.1, 0.15) is 28.9 Å². The summed E-state index contributed by atoms with van der Waals surface area (Å²) in [4.78, 5) is 16.6. The third kappa shape index (κ3) is 6.00. The van der Waals surface area contributed by atoms with Gasteiger partial charge in [-0.15, -0.1) is 35.3 Å². The Hall–Kier alpha value is -1.49. The number of aliphatic imine (C=N–C) groups is 1. The van der Waals surface area contributed by atoms with Gasteiger partial charge in [-0.1, -0.05) is 0 Å². The van der Waals surface area contributed by atoms with Crippen LogP contribution in [-0.4, -0.2) is 48.1 Å². The van der Waals surface area contributed by atoms with E-state index in [4.69, 9.17) is 4.99 Å². The van der Waals surface area contributed by atoms with E-state index >= 15 is 0 Å². The van der Waals surface area contributed by atoms with Crippen LogP contribution in [0.25, 0.3) is 0 Å². The fourth-order valence-corrected chi connectivity index (χ4v) is 4.19. The van der Waals surface area contributed by atoms with E-state index in [-0.39, 0.29) is 35.8 Å². The molecule has 0 saturated carbocycles. The summed E-state index contributed by atoms with van der Waals surface area (Å²) in [5.41, 5.74) is 1.11. The number of anilines is 1. The average molecular weight is 518 g/mol. The van der Waals surface area contributed by atoms with E-state index in [2.05, 4.69) is 34.4 Å². The van der Waals surface area contributed by atoms with Gasteiger partial charge in [0.15, 0.2) is 17.6 Å². The Balaban J connectivity index is 0.00000280. The van der Waals surface area contributed by atoms with Gasteiger partial charge in [0, 0.05) is 49.7 Å². The standard InChI is InChI=1S/C19H27FN6S.HI/c1-4-21-19(23-10-7-17-13(2)24-14(3)27-17)25-15-8-11-26(12-15)18-16(20)6-5-9-22-18;/h5-6,9,15H,4,7-8,10-12H2,1-3H3,(H2,21,23,25);1H. The SMILES string of the molecule is CCNC(=NCCc1sc(C)nc1C)NC1CCN(c2ncccc2F)C1.I. The number of thiazole rings is 1. The Morgan fingerprint density at radius 3 is 2.93 bits per heavy atom. The molecule has 1 unspecified atom stereocenters. The molecule has 2 aromatic heterocycles. The first-order valence-electron chi connectivity index (χ1n) is 9.40. The highest BCUT2D eigenvalue weighted by atomic mass is 127. The zero-order chi connectivity index (χ0) is 19.2. The third-order valence-corrected chi connectivity index (χ3v) is 5.65. The van der Waals surface area contributed by atoms with Gasteiger partial charge in [0.25, 0.3) is 0 Å². The number of halogens is 2. The summed E-state index contributed by atoms with van der Waals surface area (Å²) in [6.45, 7) is 9.15. The highest BCUT2D eigenvalue weighted by Gasteiger charge is 2.25. The number of hydrogen-bond acceptors (Lipinski definition) is 5. The Morgan fingerprint density at radius 1 is 1.43 bits per heavy atom. The van der Waals surface area contributed by atoms with E-state index < -0.39 is 0 Å². The van der Waals surface area contributed by atoms with Gasteiger partial charge in [-0.25, -0.2) is 14.4 Å². The molecule has 2 N–H and O–H groups in total. The third-order valence-electron chi connectivity index (χ3n) is 4.52. The van der Waals surface area contributed by atoms with E-state index in [1.807, 2.05) is 11.8 Å². The number of rotatable bonds is 6. The van der Waals surface area contributed by atoms with Gasteiger partial charge in [-0.2, -0.15) is 0 Å². The molecule has 1 fully saturated rings. The zero-order valence-electron chi connectivity index (χ0n) is 16.5. The smallest absolute Gasteiger partial charge is 0.191 e. The molecule has 3 heterocycles. The second-order valence-corrected chi connectivity index (χ2v) is 7.92. The van der Waals surface area contributed by atoms with Crippen molar-refractivity contribution in [2.75, 3.05) is 31.1 Å². The molecule has 0 spiro atoms. The van der Waals surface area contributed by atoms with E-state index in [9.17, 15) is 4.39 Å². The summed E-state index contributed by atoms with van der Waals surface area (Å²) in [6.07, 6.45) is 3.45. The first-order valence-corrected chi connectivity index (χ1v) is 10.2. The number of hydrogen-bond donors (Lipinski definition) is 2. The van der Waals surface area contributed by atoms with Crippen molar-refractivity contribution in [3.63, 3.8) is 0 Å². The van der Waals surface area contributed by atoms with Gasteiger partial charge in [0.1, 0.15) is 0 Å². The quantitative estimate of drug-likeness (QED) is 0.349. The predicted octanol–water partition coefficient (Wildman–Crippen LogP) is 3.29. The minimum absolute atomic E-state index is 0. The minimum atomic E-state index is -0.269. The molecule has 0 aromatic carbocycles. The first kappa shape index (κ1) is 22.8. The molecular formula is C19H28FIN6S. The lowest BCUT2D eigenvalue weighted by Gasteiger charge is -2.19. The molecule has 0 bridgehead atoms. The fourth-order valence-electron chi connectivity index (χ4n) is 3.27. The van der Waals surface area contributed by atoms with Crippen molar-refractivity contribution in [2.24, 2.45) is 4.99 Å². The maximum absolute atomic E-state index is 13.9. The van der Waals surface area contributed by atoms with Gasteiger partial charge in [0.05, 0.1) is 10.7 Å². The number of nitrogens with one attached hydrogen (secondary N) is 2. The van der Waals surface area contributed by atoms with Gasteiger partial charge in [-0.3, -0.25) is 4.99 Å². The van der Waals surface area contributed by atoms with E-state index in [0.717, 1.165) is 42.6 Å². The lowest BCUT2D eigenvalue weighted by molar-refractivity contribution is 0.612. The van der Waals surface area contributed by atoms with Gasteiger partial charge in [0.2, 0.25) is 0 Å². The van der Waals surface area contributed by atoms with Gasteiger partial charge in [-0.05, 0) is 39.3 Å². The first-order chi connectivity index (χ1) is 13.1. The summed E-state index contributed by atoms with van der Waals surface area (Å²) >= 11 is 1.74. The molecule has 1 saturated heterocycles. The van der Waals surface area contributed by atoms with E-state index in [1.165, 1.54) is 10.9 Å². The van der Waals surface area contributed by atoms with Crippen molar-refractivity contribution >= 4 is 47.1 Å². The number of nitrogens with zero attached hydrogens (tertiary/aromatic N) is 4. The maximum atomic E-state index is 13.9. The molecule has 6 nitrogen and oxygen atoms in total. The largest absolute Gasteiger partial charge is 0.357 e. The van der Waals surface area contributed by atoms with Crippen LogP contribution in [0, 0.1) is 19.7 Å². The molecule has 154 valence electrons. The number of guanidine groups is 1. The Labute approximate surface area is 187 Å². The van der Waals surface area contributed by atoms with Crippen LogP contribution >= 0.6 is 35.3 Å².